The largest absolute Gasteiger partial charge is 0.489 e. The molecule has 29 heavy (non-hydrogen) atoms. The lowest BCUT2D eigenvalue weighted by Gasteiger charge is -2.22. The van der Waals surface area contributed by atoms with Gasteiger partial charge in [0.05, 0.1) is 13.2 Å². The van der Waals surface area contributed by atoms with E-state index in [-0.39, 0.29) is 35.9 Å². The van der Waals surface area contributed by atoms with Crippen LogP contribution < -0.4 is 10.1 Å². The third-order valence-electron chi connectivity index (χ3n) is 4.71. The zero-order chi connectivity index (χ0) is 21.0. The van der Waals surface area contributed by atoms with Crippen LogP contribution in [0.3, 0.4) is 0 Å². The van der Waals surface area contributed by atoms with Crippen molar-refractivity contribution in [1.29, 1.82) is 0 Å². The second-order valence-corrected chi connectivity index (χ2v) is 8.64. The maximum Gasteiger partial charge on any atom is 0.249 e. The minimum atomic E-state index is -4.00. The number of nitrogens with zero attached hydrogens (tertiary/aromatic N) is 2. The Morgan fingerprint density at radius 1 is 1.31 bits per heavy atom. The van der Waals surface area contributed by atoms with Crippen LogP contribution in [0.5, 0.6) is 5.75 Å². The lowest BCUT2D eigenvalue weighted by molar-refractivity contribution is -0.124. The molecule has 1 aliphatic rings. The molecule has 0 radical (unpaired) electrons. The molecule has 9 nitrogen and oxygen atoms in total. The van der Waals surface area contributed by atoms with Crippen molar-refractivity contribution in [2.45, 2.75) is 37.3 Å². The molecule has 0 saturated carbocycles. The molecule has 1 N–H and O–H groups in total. The lowest BCUT2D eigenvalue weighted by Crippen LogP contribution is -2.46. The van der Waals surface area contributed by atoms with Gasteiger partial charge >= 0.3 is 0 Å². The molecule has 0 bridgehead atoms. The van der Waals surface area contributed by atoms with Gasteiger partial charge in [-0.1, -0.05) is 23.4 Å². The number of benzene rings is 1. The summed E-state index contributed by atoms with van der Waals surface area (Å²) in [7, 11) is -2.47. The van der Waals surface area contributed by atoms with Crippen LogP contribution in [0.25, 0.3) is 0 Å². The maximum atomic E-state index is 13.3. The van der Waals surface area contributed by atoms with Gasteiger partial charge < -0.3 is 19.3 Å². The number of carbonyl (C=O) groups is 1. The Kier molecular flexibility index (Phi) is 6.56. The monoisotopic (exact) mass is 423 g/mol. The molecule has 1 amide bonds. The molecule has 1 aliphatic heterocycles. The van der Waals surface area contributed by atoms with Gasteiger partial charge in [-0.3, -0.25) is 4.79 Å². The number of amides is 1. The van der Waals surface area contributed by atoms with Crippen LogP contribution in [0.15, 0.2) is 39.8 Å². The van der Waals surface area contributed by atoms with E-state index in [4.69, 9.17) is 14.0 Å². The Morgan fingerprint density at radius 3 is 2.66 bits per heavy atom. The van der Waals surface area contributed by atoms with Gasteiger partial charge in [0, 0.05) is 20.1 Å². The minimum Gasteiger partial charge on any atom is -0.489 e. The van der Waals surface area contributed by atoms with E-state index in [1.54, 1.807) is 19.1 Å². The average molecular weight is 423 g/mol. The highest BCUT2D eigenvalue weighted by Gasteiger charge is 2.46. The predicted octanol–water partition coefficient (Wildman–Crippen LogP) is 1.26. The van der Waals surface area contributed by atoms with Crippen LogP contribution in [0.2, 0.25) is 0 Å². The van der Waals surface area contributed by atoms with Gasteiger partial charge in [-0.2, -0.15) is 4.31 Å². The number of sulfonamides is 1. The van der Waals surface area contributed by atoms with Crippen LogP contribution in [-0.2, 0) is 19.6 Å². The zero-order valence-electron chi connectivity index (χ0n) is 16.6. The van der Waals surface area contributed by atoms with Crippen LogP contribution in [0, 0.1) is 13.8 Å². The van der Waals surface area contributed by atoms with Crippen molar-refractivity contribution < 1.29 is 27.2 Å². The number of para-hydroxylation sites is 1. The van der Waals surface area contributed by atoms with E-state index in [2.05, 4.69) is 10.5 Å². The predicted molar refractivity (Wildman–Crippen MR) is 104 cm³/mol. The summed E-state index contributed by atoms with van der Waals surface area (Å²) in [6.07, 6.45) is -0.234. The van der Waals surface area contributed by atoms with Crippen LogP contribution in [0.1, 0.15) is 17.9 Å². The highest BCUT2D eigenvalue weighted by molar-refractivity contribution is 7.89. The van der Waals surface area contributed by atoms with Gasteiger partial charge in [0.25, 0.3) is 0 Å². The van der Waals surface area contributed by atoms with Crippen molar-refractivity contribution in [3.05, 3.63) is 41.8 Å². The van der Waals surface area contributed by atoms with Crippen LogP contribution in [0.4, 0.5) is 0 Å². The van der Waals surface area contributed by atoms with E-state index < -0.39 is 28.1 Å². The number of aryl methyl sites for hydroxylation is 2. The van der Waals surface area contributed by atoms with E-state index in [0.29, 0.717) is 12.4 Å². The summed E-state index contributed by atoms with van der Waals surface area (Å²) < 4.78 is 43.8. The molecular weight excluding hydrogens is 398 g/mol. The summed E-state index contributed by atoms with van der Waals surface area (Å²) in [6, 6.07) is 8.20. The lowest BCUT2D eigenvalue weighted by atomic mass is 10.2. The van der Waals surface area contributed by atoms with E-state index >= 15 is 0 Å². The summed E-state index contributed by atoms with van der Waals surface area (Å²) in [6.45, 7) is 3.76. The fourth-order valence-corrected chi connectivity index (χ4v) is 5.33. The molecule has 2 aromatic rings. The zero-order valence-corrected chi connectivity index (χ0v) is 17.4. The van der Waals surface area contributed by atoms with Gasteiger partial charge in [-0.15, -0.1) is 0 Å². The van der Waals surface area contributed by atoms with E-state index in [0.717, 1.165) is 0 Å². The number of rotatable bonds is 8. The van der Waals surface area contributed by atoms with Crippen LogP contribution in [-0.4, -0.2) is 62.7 Å². The number of methoxy groups -OCH3 is 1. The number of ether oxygens (including phenoxy) is 2. The van der Waals surface area contributed by atoms with Crippen molar-refractivity contribution in [1.82, 2.24) is 14.8 Å². The van der Waals surface area contributed by atoms with Gasteiger partial charge in [0.1, 0.15) is 28.5 Å². The molecule has 2 atom stereocenters. The molecule has 1 aromatic carbocycles. The normalized spacial score (nSPS) is 20.0. The van der Waals surface area contributed by atoms with Crippen molar-refractivity contribution in [3.63, 3.8) is 0 Å². The fraction of sp³-hybridized carbons (Fsp3) is 0.474. The number of nitrogens with one attached hydrogen (secondary N) is 1. The molecule has 1 saturated heterocycles. The SMILES string of the molecule is COCCNC(=O)[C@@H]1C[C@H](Oc2ccccc2)CN1S(=O)(=O)c1c(C)noc1C. The van der Waals surface area contributed by atoms with E-state index in [1.807, 2.05) is 18.2 Å². The van der Waals surface area contributed by atoms with Crippen molar-refractivity contribution >= 4 is 15.9 Å². The summed E-state index contributed by atoms with van der Waals surface area (Å²) >= 11 is 0. The smallest absolute Gasteiger partial charge is 0.249 e. The molecule has 158 valence electrons. The molecule has 0 spiro atoms. The minimum absolute atomic E-state index is 0.00690. The summed E-state index contributed by atoms with van der Waals surface area (Å²) in [4.78, 5) is 12.7. The second kappa shape index (κ2) is 8.93. The Bertz CT molecular complexity index is 925. The molecule has 10 heteroatoms. The number of hydrogen-bond acceptors (Lipinski definition) is 7. The number of carbonyl (C=O) groups excluding carboxylic acids is 1. The summed E-state index contributed by atoms with van der Waals surface area (Å²) in [5.41, 5.74) is 0.258. The van der Waals surface area contributed by atoms with E-state index in [1.165, 1.54) is 18.3 Å². The Morgan fingerprint density at radius 2 is 2.03 bits per heavy atom. The number of hydrogen-bond donors (Lipinski definition) is 1. The molecule has 0 aliphatic carbocycles. The molecule has 0 unspecified atom stereocenters. The van der Waals surface area contributed by atoms with Gasteiger partial charge in [-0.25, -0.2) is 8.42 Å². The van der Waals surface area contributed by atoms with Crippen LogP contribution >= 0.6 is 0 Å². The summed E-state index contributed by atoms with van der Waals surface area (Å²) in [5, 5.41) is 6.46. The fourth-order valence-electron chi connectivity index (χ4n) is 3.40. The third kappa shape index (κ3) is 4.60. The van der Waals surface area contributed by atoms with Crippen molar-refractivity contribution in [3.8, 4) is 5.75 Å². The Hall–Kier alpha value is -2.43. The van der Waals surface area contributed by atoms with Gasteiger partial charge in [0.2, 0.25) is 15.9 Å². The third-order valence-corrected chi connectivity index (χ3v) is 6.83. The Labute approximate surface area is 170 Å². The van der Waals surface area contributed by atoms with E-state index in [9.17, 15) is 13.2 Å². The first kappa shape index (κ1) is 21.3. The topological polar surface area (TPSA) is 111 Å². The highest BCUT2D eigenvalue weighted by atomic mass is 32.2. The summed E-state index contributed by atoms with van der Waals surface area (Å²) in [5.74, 6) is 0.414. The molecule has 1 fully saturated rings. The Balaban J connectivity index is 1.87. The quantitative estimate of drug-likeness (QED) is 0.637. The maximum absolute atomic E-state index is 13.3. The molecule has 2 heterocycles. The first-order valence-corrected chi connectivity index (χ1v) is 10.7. The second-order valence-electron chi connectivity index (χ2n) is 6.82. The first-order chi connectivity index (χ1) is 13.8. The average Bonchev–Trinajstić information content (AvgIpc) is 3.26. The number of aromatic nitrogens is 1. The standard InChI is InChI=1S/C19H25N3O6S/c1-13-18(14(2)28-21-13)29(24,25)22-12-16(27-15-7-5-4-6-8-15)11-17(22)19(23)20-9-10-26-3/h4-8,16-17H,9-12H2,1-3H3,(H,20,23)/t16-,17-/m0/s1. The van der Waals surface area contributed by atoms with Crippen molar-refractivity contribution in [2.24, 2.45) is 0 Å². The molecule has 1 aromatic heterocycles. The van der Waals surface area contributed by atoms with Gasteiger partial charge in [0.15, 0.2) is 5.76 Å². The van der Waals surface area contributed by atoms with Gasteiger partial charge in [-0.05, 0) is 26.0 Å². The van der Waals surface area contributed by atoms with Crippen molar-refractivity contribution in [2.75, 3.05) is 26.8 Å². The highest BCUT2D eigenvalue weighted by Crippen LogP contribution is 2.31. The first-order valence-electron chi connectivity index (χ1n) is 9.27. The molecular formula is C19H25N3O6S. The molecule has 3 rings (SSSR count).